The maximum absolute atomic E-state index is 12.4. The van der Waals surface area contributed by atoms with E-state index in [1.54, 1.807) is 24.3 Å². The van der Waals surface area contributed by atoms with E-state index in [0.29, 0.717) is 39.7 Å². The molecule has 29 heavy (non-hydrogen) atoms. The molecular formula is C19H15N3O6S. The number of hydrazone groups is 1. The van der Waals surface area contributed by atoms with E-state index in [-0.39, 0.29) is 12.5 Å². The zero-order chi connectivity index (χ0) is 20.4. The smallest absolute Gasteiger partial charge is 0.281 e. The van der Waals surface area contributed by atoms with Crippen LogP contribution in [0.3, 0.4) is 0 Å². The number of nitro benzene ring substituents is 1. The minimum absolute atomic E-state index is 0.0217. The van der Waals surface area contributed by atoms with Crippen LogP contribution in [0.15, 0.2) is 41.5 Å². The third kappa shape index (κ3) is 3.83. The first kappa shape index (κ1) is 18.7. The van der Waals surface area contributed by atoms with Crippen LogP contribution in [0.4, 0.5) is 5.69 Å². The Morgan fingerprint density at radius 3 is 2.86 bits per heavy atom. The molecule has 4 rings (SSSR count). The largest absolute Gasteiger partial charge is 0.493 e. The third-order valence-electron chi connectivity index (χ3n) is 4.11. The molecule has 0 atom stereocenters. The molecule has 10 heteroatoms. The molecule has 0 aliphatic carbocycles. The summed E-state index contributed by atoms with van der Waals surface area (Å²) >= 11 is 1.23. The van der Waals surface area contributed by atoms with E-state index in [1.807, 2.05) is 6.92 Å². The van der Waals surface area contributed by atoms with Crippen molar-refractivity contribution in [1.82, 2.24) is 5.43 Å². The van der Waals surface area contributed by atoms with Gasteiger partial charge in [-0.3, -0.25) is 14.9 Å². The van der Waals surface area contributed by atoms with Crippen molar-refractivity contribution >= 4 is 39.2 Å². The second-order valence-corrected chi connectivity index (χ2v) is 7.05. The molecule has 0 spiro atoms. The van der Waals surface area contributed by atoms with Gasteiger partial charge in [0.05, 0.1) is 22.6 Å². The summed E-state index contributed by atoms with van der Waals surface area (Å²) < 4.78 is 17.1. The molecule has 0 fully saturated rings. The average Bonchev–Trinajstić information content (AvgIpc) is 3.33. The summed E-state index contributed by atoms with van der Waals surface area (Å²) in [5, 5.41) is 15.5. The Kier molecular flexibility index (Phi) is 5.00. The van der Waals surface area contributed by atoms with Gasteiger partial charge in [0, 0.05) is 33.8 Å². The highest BCUT2D eigenvalue weighted by Crippen LogP contribution is 2.37. The number of benzene rings is 2. The summed E-state index contributed by atoms with van der Waals surface area (Å²) in [4.78, 5) is 23.2. The molecule has 1 amide bonds. The highest BCUT2D eigenvalue weighted by molar-refractivity contribution is 7.20. The molecule has 2 heterocycles. The first-order valence-electron chi connectivity index (χ1n) is 8.63. The zero-order valence-corrected chi connectivity index (χ0v) is 16.0. The van der Waals surface area contributed by atoms with Gasteiger partial charge in [-0.05, 0) is 25.1 Å². The zero-order valence-electron chi connectivity index (χ0n) is 15.2. The van der Waals surface area contributed by atoms with Crippen LogP contribution in [0.25, 0.3) is 10.1 Å². The maximum Gasteiger partial charge on any atom is 0.281 e. The van der Waals surface area contributed by atoms with Crippen molar-refractivity contribution in [2.24, 2.45) is 5.10 Å². The van der Waals surface area contributed by atoms with Crippen molar-refractivity contribution in [3.8, 4) is 17.2 Å². The summed E-state index contributed by atoms with van der Waals surface area (Å²) in [5.41, 5.74) is 3.07. The first-order valence-corrected chi connectivity index (χ1v) is 9.44. The second kappa shape index (κ2) is 7.76. The Balaban J connectivity index is 1.51. The van der Waals surface area contributed by atoms with Gasteiger partial charge in [-0.15, -0.1) is 11.3 Å². The molecule has 148 valence electrons. The molecule has 1 aromatic heterocycles. The third-order valence-corrected chi connectivity index (χ3v) is 5.22. The number of nitrogens with one attached hydrogen (secondary N) is 1. The predicted octanol–water partition coefficient (Wildman–Crippen LogP) is 3.70. The highest BCUT2D eigenvalue weighted by atomic mass is 32.1. The van der Waals surface area contributed by atoms with Crippen molar-refractivity contribution < 1.29 is 23.9 Å². The van der Waals surface area contributed by atoms with Gasteiger partial charge in [0.15, 0.2) is 11.5 Å². The quantitative estimate of drug-likeness (QED) is 0.375. The molecule has 0 unspecified atom stereocenters. The number of thiophene rings is 1. The normalized spacial score (nSPS) is 12.4. The molecule has 0 bridgehead atoms. The number of hydrogen-bond donors (Lipinski definition) is 1. The lowest BCUT2D eigenvalue weighted by atomic mass is 10.2. The lowest BCUT2D eigenvalue weighted by Crippen LogP contribution is -2.16. The van der Waals surface area contributed by atoms with Crippen LogP contribution in [-0.2, 0) is 0 Å². The van der Waals surface area contributed by atoms with E-state index in [9.17, 15) is 14.9 Å². The van der Waals surface area contributed by atoms with Gasteiger partial charge in [0.2, 0.25) is 6.79 Å². The number of carbonyl (C=O) groups is 1. The Labute approximate surface area is 168 Å². The monoisotopic (exact) mass is 413 g/mol. The van der Waals surface area contributed by atoms with Crippen molar-refractivity contribution in [2.75, 3.05) is 13.4 Å². The molecular weight excluding hydrogens is 398 g/mol. The van der Waals surface area contributed by atoms with Crippen molar-refractivity contribution in [3.63, 3.8) is 0 Å². The van der Waals surface area contributed by atoms with Gasteiger partial charge in [0.1, 0.15) is 5.75 Å². The molecule has 0 saturated carbocycles. The van der Waals surface area contributed by atoms with Gasteiger partial charge >= 0.3 is 0 Å². The number of nitro groups is 1. The molecule has 0 radical (unpaired) electrons. The van der Waals surface area contributed by atoms with Gasteiger partial charge < -0.3 is 14.2 Å². The van der Waals surface area contributed by atoms with Crippen molar-refractivity contribution in [2.45, 2.75) is 6.92 Å². The van der Waals surface area contributed by atoms with E-state index < -0.39 is 10.8 Å². The first-order chi connectivity index (χ1) is 14.0. The Hall–Kier alpha value is -3.66. The molecule has 3 aromatic rings. The summed E-state index contributed by atoms with van der Waals surface area (Å²) in [5.74, 6) is 1.31. The van der Waals surface area contributed by atoms with Crippen LogP contribution >= 0.6 is 11.3 Å². The number of rotatable bonds is 6. The lowest BCUT2D eigenvalue weighted by molar-refractivity contribution is -0.384. The van der Waals surface area contributed by atoms with Gasteiger partial charge in [-0.25, -0.2) is 5.43 Å². The van der Waals surface area contributed by atoms with E-state index in [2.05, 4.69) is 10.5 Å². The number of amides is 1. The summed E-state index contributed by atoms with van der Waals surface area (Å²) in [7, 11) is 0. The standard InChI is InChI=1S/C19H15N3O6S/c1-2-26-14-8-16-15(27-10-28-16)6-12(14)9-20-21-19(23)18-7-11-5-13(22(24)25)3-4-17(11)29-18/h3-9H,2,10H2,1H3,(H,21,23)/b20-9-. The average molecular weight is 413 g/mol. The Bertz CT molecular complexity index is 1140. The fourth-order valence-electron chi connectivity index (χ4n) is 2.79. The van der Waals surface area contributed by atoms with E-state index in [0.717, 1.165) is 4.70 Å². The minimum atomic E-state index is -0.470. The summed E-state index contributed by atoms with van der Waals surface area (Å²) in [6.45, 7) is 2.46. The van der Waals surface area contributed by atoms with Crippen LogP contribution in [0, 0.1) is 10.1 Å². The lowest BCUT2D eigenvalue weighted by Gasteiger charge is -2.08. The highest BCUT2D eigenvalue weighted by Gasteiger charge is 2.18. The van der Waals surface area contributed by atoms with Crippen LogP contribution in [-0.4, -0.2) is 30.4 Å². The van der Waals surface area contributed by atoms with E-state index in [4.69, 9.17) is 14.2 Å². The molecule has 0 saturated heterocycles. The Morgan fingerprint density at radius 1 is 1.31 bits per heavy atom. The predicted molar refractivity (Wildman–Crippen MR) is 107 cm³/mol. The molecule has 1 N–H and O–H groups in total. The fraction of sp³-hybridized carbons (Fsp3) is 0.158. The number of nitrogens with zero attached hydrogens (tertiary/aromatic N) is 2. The molecule has 1 aliphatic heterocycles. The van der Waals surface area contributed by atoms with Crippen LogP contribution in [0.2, 0.25) is 0 Å². The number of fused-ring (bicyclic) bond motifs is 2. The van der Waals surface area contributed by atoms with Crippen LogP contribution < -0.4 is 19.6 Å². The summed E-state index contributed by atoms with van der Waals surface area (Å²) in [6.07, 6.45) is 1.46. The van der Waals surface area contributed by atoms with Crippen molar-refractivity contribution in [3.05, 3.63) is 57.0 Å². The minimum Gasteiger partial charge on any atom is -0.493 e. The van der Waals surface area contributed by atoms with Crippen molar-refractivity contribution in [1.29, 1.82) is 0 Å². The van der Waals surface area contributed by atoms with E-state index >= 15 is 0 Å². The maximum atomic E-state index is 12.4. The van der Waals surface area contributed by atoms with E-state index in [1.165, 1.54) is 29.7 Å². The fourth-order valence-corrected chi connectivity index (χ4v) is 3.73. The van der Waals surface area contributed by atoms with Gasteiger partial charge in [0.25, 0.3) is 11.6 Å². The van der Waals surface area contributed by atoms with Crippen LogP contribution in [0.1, 0.15) is 22.2 Å². The number of hydrogen-bond acceptors (Lipinski definition) is 8. The van der Waals surface area contributed by atoms with Gasteiger partial charge in [-0.1, -0.05) is 0 Å². The molecule has 9 nitrogen and oxygen atoms in total. The van der Waals surface area contributed by atoms with Gasteiger partial charge in [-0.2, -0.15) is 5.10 Å². The number of carbonyl (C=O) groups excluding carboxylic acids is 1. The summed E-state index contributed by atoms with van der Waals surface area (Å²) in [6, 6.07) is 9.51. The molecule has 2 aromatic carbocycles. The number of non-ortho nitro benzene ring substituents is 1. The Morgan fingerprint density at radius 2 is 2.10 bits per heavy atom. The SMILES string of the molecule is CCOc1cc2c(cc1/C=N\NC(=O)c1cc3cc([N+](=O)[O-])ccc3s1)OCO2. The molecule has 1 aliphatic rings. The number of ether oxygens (including phenoxy) is 3. The second-order valence-electron chi connectivity index (χ2n) is 5.97. The topological polar surface area (TPSA) is 112 Å². The van der Waals surface area contributed by atoms with Crippen LogP contribution in [0.5, 0.6) is 17.2 Å².